The molecule has 0 fully saturated rings. The Morgan fingerprint density at radius 1 is 1.07 bits per heavy atom. The Bertz CT molecular complexity index is 127. The molecule has 0 heterocycles. The summed E-state index contributed by atoms with van der Waals surface area (Å²) in [5.41, 5.74) is 0.524. The van der Waals surface area contributed by atoms with E-state index in [9.17, 15) is 0 Å². The van der Waals surface area contributed by atoms with Gasteiger partial charge in [-0.25, -0.2) is 0 Å². The number of hydrogen-bond acceptors (Lipinski definition) is 0. The van der Waals surface area contributed by atoms with Crippen LogP contribution < -0.4 is 0 Å². The molecule has 86 valence electrons. The summed E-state index contributed by atoms with van der Waals surface area (Å²) in [5.74, 6) is 1.84. The molecule has 0 aromatic heterocycles. The number of rotatable bonds is 6. The molecule has 0 radical (unpaired) electrons. The second-order valence-corrected chi connectivity index (χ2v) is 6.36. The lowest BCUT2D eigenvalue weighted by Gasteiger charge is -2.21. The van der Waals surface area contributed by atoms with Crippen LogP contribution in [0.2, 0.25) is 0 Å². The average molecular weight is 198 g/mol. The van der Waals surface area contributed by atoms with E-state index < -0.39 is 0 Å². The third kappa shape index (κ3) is 8.59. The molecule has 0 amide bonds. The van der Waals surface area contributed by atoms with Gasteiger partial charge in [0.25, 0.3) is 0 Å². The van der Waals surface area contributed by atoms with Crippen molar-refractivity contribution in [2.75, 3.05) is 0 Å². The van der Waals surface area contributed by atoms with E-state index in [1.807, 2.05) is 0 Å². The van der Waals surface area contributed by atoms with Crippen molar-refractivity contribution in [2.24, 2.45) is 17.3 Å². The molecule has 0 aromatic carbocycles. The summed E-state index contributed by atoms with van der Waals surface area (Å²) >= 11 is 0. The van der Waals surface area contributed by atoms with Crippen LogP contribution in [0.15, 0.2) is 0 Å². The van der Waals surface area contributed by atoms with Crippen LogP contribution in [0, 0.1) is 17.3 Å². The summed E-state index contributed by atoms with van der Waals surface area (Å²) < 4.78 is 0. The summed E-state index contributed by atoms with van der Waals surface area (Å²) in [7, 11) is 0. The van der Waals surface area contributed by atoms with Gasteiger partial charge in [0, 0.05) is 0 Å². The highest BCUT2D eigenvalue weighted by Gasteiger charge is 2.12. The minimum Gasteiger partial charge on any atom is -0.0651 e. The van der Waals surface area contributed by atoms with E-state index in [1.165, 1.54) is 32.1 Å². The highest BCUT2D eigenvalue weighted by molar-refractivity contribution is 4.65. The maximum absolute atomic E-state index is 2.34. The molecule has 0 nitrogen and oxygen atoms in total. The van der Waals surface area contributed by atoms with Crippen LogP contribution in [0.3, 0.4) is 0 Å². The van der Waals surface area contributed by atoms with E-state index in [4.69, 9.17) is 0 Å². The normalized spacial score (nSPS) is 14.8. The molecule has 0 saturated carbocycles. The van der Waals surface area contributed by atoms with E-state index in [0.29, 0.717) is 5.41 Å². The maximum atomic E-state index is 2.34. The van der Waals surface area contributed by atoms with Gasteiger partial charge < -0.3 is 0 Å². The molecule has 1 atom stereocenters. The second-order valence-electron chi connectivity index (χ2n) is 6.36. The van der Waals surface area contributed by atoms with Crippen molar-refractivity contribution in [1.29, 1.82) is 0 Å². The summed E-state index contributed by atoms with van der Waals surface area (Å²) in [6.07, 6.45) is 7.01. The van der Waals surface area contributed by atoms with Gasteiger partial charge in [-0.2, -0.15) is 0 Å². The molecule has 0 heteroatoms. The van der Waals surface area contributed by atoms with Crippen molar-refractivity contribution < 1.29 is 0 Å². The van der Waals surface area contributed by atoms with E-state index in [1.54, 1.807) is 0 Å². The molecule has 0 saturated heterocycles. The first kappa shape index (κ1) is 14.0. The van der Waals surface area contributed by atoms with Crippen molar-refractivity contribution >= 4 is 0 Å². The van der Waals surface area contributed by atoms with Crippen molar-refractivity contribution in [3.63, 3.8) is 0 Å². The summed E-state index contributed by atoms with van der Waals surface area (Å²) in [6.45, 7) is 14.0. The van der Waals surface area contributed by atoms with Crippen LogP contribution >= 0.6 is 0 Å². The molecular weight excluding hydrogens is 168 g/mol. The first-order chi connectivity index (χ1) is 6.35. The number of hydrogen-bond donors (Lipinski definition) is 0. The lowest BCUT2D eigenvalue weighted by molar-refractivity contribution is 0.312. The van der Waals surface area contributed by atoms with Crippen LogP contribution in [0.1, 0.15) is 73.6 Å². The van der Waals surface area contributed by atoms with Crippen LogP contribution in [-0.2, 0) is 0 Å². The van der Waals surface area contributed by atoms with Gasteiger partial charge in [-0.05, 0) is 30.1 Å². The Kier molecular flexibility index (Phi) is 6.48. The topological polar surface area (TPSA) is 0 Å². The maximum Gasteiger partial charge on any atom is -0.0383 e. The monoisotopic (exact) mass is 198 g/mol. The van der Waals surface area contributed by atoms with Crippen LogP contribution in [0.4, 0.5) is 0 Å². The third-order valence-electron chi connectivity index (χ3n) is 2.92. The molecule has 0 aliphatic heterocycles. The van der Waals surface area contributed by atoms with Gasteiger partial charge >= 0.3 is 0 Å². The van der Waals surface area contributed by atoms with Crippen molar-refractivity contribution in [2.45, 2.75) is 73.6 Å². The quantitative estimate of drug-likeness (QED) is 0.545. The Hall–Kier alpha value is 0. The first-order valence-corrected chi connectivity index (χ1v) is 6.35. The van der Waals surface area contributed by atoms with E-state index in [-0.39, 0.29) is 0 Å². The predicted octanol–water partition coefficient (Wildman–Crippen LogP) is 5.28. The molecule has 0 bridgehead atoms. The van der Waals surface area contributed by atoms with Crippen LogP contribution in [0.25, 0.3) is 0 Å². The van der Waals surface area contributed by atoms with Gasteiger partial charge in [0.15, 0.2) is 0 Å². The van der Waals surface area contributed by atoms with Crippen molar-refractivity contribution in [1.82, 2.24) is 0 Å². The van der Waals surface area contributed by atoms with Crippen LogP contribution in [0.5, 0.6) is 0 Å². The van der Waals surface area contributed by atoms with E-state index >= 15 is 0 Å². The fraction of sp³-hybridized carbons (Fsp3) is 1.00. The third-order valence-corrected chi connectivity index (χ3v) is 2.92. The predicted molar refractivity (Wildman–Crippen MR) is 66.5 cm³/mol. The Morgan fingerprint density at radius 3 is 2.00 bits per heavy atom. The minimum atomic E-state index is 0.524. The first-order valence-electron chi connectivity index (χ1n) is 6.35. The van der Waals surface area contributed by atoms with Crippen molar-refractivity contribution in [3.05, 3.63) is 0 Å². The van der Waals surface area contributed by atoms with Gasteiger partial charge in [0.2, 0.25) is 0 Å². The van der Waals surface area contributed by atoms with Gasteiger partial charge in [0.05, 0.1) is 0 Å². The Labute approximate surface area is 91.5 Å². The zero-order valence-electron chi connectivity index (χ0n) is 11.2. The second kappa shape index (κ2) is 6.48. The molecular formula is C14H30. The van der Waals surface area contributed by atoms with Gasteiger partial charge in [-0.15, -0.1) is 0 Å². The average Bonchev–Trinajstić information content (AvgIpc) is 1.99. The highest BCUT2D eigenvalue weighted by atomic mass is 14.2. The molecule has 0 spiro atoms. The molecule has 0 rings (SSSR count). The molecule has 0 aliphatic carbocycles. The van der Waals surface area contributed by atoms with Gasteiger partial charge in [-0.3, -0.25) is 0 Å². The van der Waals surface area contributed by atoms with E-state index in [0.717, 1.165) is 11.8 Å². The minimum absolute atomic E-state index is 0.524. The summed E-state index contributed by atoms with van der Waals surface area (Å²) in [6, 6.07) is 0. The largest absolute Gasteiger partial charge is 0.0651 e. The Morgan fingerprint density at radius 2 is 1.64 bits per heavy atom. The van der Waals surface area contributed by atoms with Crippen LogP contribution in [-0.4, -0.2) is 0 Å². The lowest BCUT2D eigenvalue weighted by atomic mass is 9.85. The lowest BCUT2D eigenvalue weighted by Crippen LogP contribution is -2.08. The highest BCUT2D eigenvalue weighted by Crippen LogP contribution is 2.26. The van der Waals surface area contributed by atoms with E-state index in [2.05, 4.69) is 41.5 Å². The summed E-state index contributed by atoms with van der Waals surface area (Å²) in [5, 5.41) is 0. The van der Waals surface area contributed by atoms with Crippen molar-refractivity contribution in [3.8, 4) is 0 Å². The SMILES string of the molecule is CCC(CCCC(C)(C)C)CC(C)C. The fourth-order valence-corrected chi connectivity index (χ4v) is 2.08. The fourth-order valence-electron chi connectivity index (χ4n) is 2.08. The molecule has 0 N–H and O–H groups in total. The smallest absolute Gasteiger partial charge is 0.0383 e. The summed E-state index contributed by atoms with van der Waals surface area (Å²) in [4.78, 5) is 0. The molecule has 0 aromatic rings. The van der Waals surface area contributed by atoms with Gasteiger partial charge in [-0.1, -0.05) is 60.8 Å². The van der Waals surface area contributed by atoms with Gasteiger partial charge in [0.1, 0.15) is 0 Å². The molecule has 1 unspecified atom stereocenters. The zero-order valence-corrected chi connectivity index (χ0v) is 11.2. The molecule has 14 heavy (non-hydrogen) atoms. The Balaban J connectivity index is 3.63. The molecule has 0 aliphatic rings. The zero-order chi connectivity index (χ0) is 11.2. The standard InChI is InChI=1S/C14H30/c1-7-13(11-12(2)3)9-8-10-14(4,5)6/h12-13H,7-11H2,1-6H3.